The lowest BCUT2D eigenvalue weighted by Gasteiger charge is -2.41. The molecule has 0 aromatic heterocycles. The van der Waals surface area contributed by atoms with E-state index in [-0.39, 0.29) is 17.9 Å². The zero-order valence-electron chi connectivity index (χ0n) is 11.3. The van der Waals surface area contributed by atoms with Crippen molar-refractivity contribution in [1.29, 1.82) is 0 Å². The van der Waals surface area contributed by atoms with E-state index < -0.39 is 32.9 Å². The first-order valence-corrected chi connectivity index (χ1v) is 9.05. The predicted molar refractivity (Wildman–Crippen MR) is 66.0 cm³/mol. The Bertz CT molecular complexity index is 253. The Morgan fingerprint density at radius 1 is 1.00 bits per heavy atom. The summed E-state index contributed by atoms with van der Waals surface area (Å²) in [7, 11) is -2.03. The first kappa shape index (κ1) is 15.0. The number of hydrogen-bond acceptors (Lipinski definition) is 1. The van der Waals surface area contributed by atoms with Crippen LogP contribution in [0.1, 0.15) is 33.6 Å². The molecule has 1 fully saturated rings. The highest BCUT2D eigenvalue weighted by atomic mass is 28.4. The molecule has 17 heavy (non-hydrogen) atoms. The van der Waals surface area contributed by atoms with Crippen LogP contribution >= 0.6 is 0 Å². The standard InChI is InChI=1S/C12H23F3OSi/c1-12(2,3)17(4,5)16-8-6-9(13)11(15)10(14)7-8/h8-11H,6-7H2,1-5H3/t8?,9-,10+,11-. The third-order valence-corrected chi connectivity index (χ3v) is 8.47. The van der Waals surface area contributed by atoms with Gasteiger partial charge in [0.15, 0.2) is 14.5 Å². The fourth-order valence-electron chi connectivity index (χ4n) is 1.77. The summed E-state index contributed by atoms with van der Waals surface area (Å²) in [5.74, 6) is 0. The summed E-state index contributed by atoms with van der Waals surface area (Å²) >= 11 is 0. The van der Waals surface area contributed by atoms with Crippen LogP contribution in [-0.4, -0.2) is 32.9 Å². The van der Waals surface area contributed by atoms with Crippen LogP contribution in [0.3, 0.4) is 0 Å². The molecular weight excluding hydrogens is 245 g/mol. The van der Waals surface area contributed by atoms with Gasteiger partial charge in [-0.2, -0.15) is 0 Å². The van der Waals surface area contributed by atoms with Crippen LogP contribution in [0.5, 0.6) is 0 Å². The van der Waals surface area contributed by atoms with Crippen molar-refractivity contribution in [1.82, 2.24) is 0 Å². The molecule has 1 aliphatic carbocycles. The molecule has 0 radical (unpaired) electrons. The molecule has 102 valence electrons. The van der Waals surface area contributed by atoms with Crippen molar-refractivity contribution < 1.29 is 17.6 Å². The fourth-order valence-corrected chi connectivity index (χ4v) is 3.15. The van der Waals surface area contributed by atoms with Crippen molar-refractivity contribution in [3.8, 4) is 0 Å². The van der Waals surface area contributed by atoms with Gasteiger partial charge in [-0.05, 0) is 18.1 Å². The summed E-state index contributed by atoms with van der Waals surface area (Å²) in [5.41, 5.74) is 0. The molecule has 5 heteroatoms. The molecule has 0 aromatic carbocycles. The Kier molecular flexibility index (Phi) is 4.35. The molecule has 1 aliphatic rings. The van der Waals surface area contributed by atoms with E-state index in [1.807, 2.05) is 13.1 Å². The maximum Gasteiger partial charge on any atom is 0.192 e. The molecule has 1 rings (SSSR count). The monoisotopic (exact) mass is 268 g/mol. The second-order valence-electron chi connectivity index (χ2n) is 6.45. The Morgan fingerprint density at radius 2 is 1.41 bits per heavy atom. The van der Waals surface area contributed by atoms with E-state index in [4.69, 9.17) is 4.43 Å². The Balaban J connectivity index is 2.65. The summed E-state index contributed by atoms with van der Waals surface area (Å²) in [6.07, 6.45) is -5.95. The minimum absolute atomic E-state index is 0.00280. The lowest BCUT2D eigenvalue weighted by molar-refractivity contribution is -0.0162. The van der Waals surface area contributed by atoms with Crippen LogP contribution < -0.4 is 0 Å². The predicted octanol–water partition coefficient (Wildman–Crippen LogP) is 4.18. The van der Waals surface area contributed by atoms with Crippen LogP contribution in [0.15, 0.2) is 0 Å². The topological polar surface area (TPSA) is 9.23 Å². The lowest BCUT2D eigenvalue weighted by Crippen LogP contribution is -2.48. The van der Waals surface area contributed by atoms with Crippen LogP contribution in [0.4, 0.5) is 13.2 Å². The average Bonchev–Trinajstić information content (AvgIpc) is 2.11. The first-order valence-electron chi connectivity index (χ1n) is 6.14. The first-order chi connectivity index (χ1) is 7.54. The average molecular weight is 268 g/mol. The van der Waals surface area contributed by atoms with Crippen LogP contribution in [-0.2, 0) is 4.43 Å². The molecule has 4 atom stereocenters. The third-order valence-electron chi connectivity index (χ3n) is 3.93. The van der Waals surface area contributed by atoms with Crippen LogP contribution in [0.25, 0.3) is 0 Å². The Labute approximate surface area is 103 Å². The van der Waals surface area contributed by atoms with Crippen LogP contribution in [0.2, 0.25) is 18.1 Å². The van der Waals surface area contributed by atoms with Gasteiger partial charge in [-0.25, -0.2) is 13.2 Å². The van der Waals surface area contributed by atoms with Crippen molar-refractivity contribution in [3.05, 3.63) is 0 Å². The molecule has 1 unspecified atom stereocenters. The number of alkyl halides is 3. The van der Waals surface area contributed by atoms with Gasteiger partial charge in [-0.3, -0.25) is 0 Å². The number of hydrogen-bond donors (Lipinski definition) is 0. The normalized spacial score (nSPS) is 36.0. The van der Waals surface area contributed by atoms with Gasteiger partial charge in [-0.1, -0.05) is 20.8 Å². The minimum Gasteiger partial charge on any atom is -0.414 e. The van der Waals surface area contributed by atoms with Crippen molar-refractivity contribution in [2.75, 3.05) is 0 Å². The smallest absolute Gasteiger partial charge is 0.192 e. The van der Waals surface area contributed by atoms with E-state index in [9.17, 15) is 13.2 Å². The highest BCUT2D eigenvalue weighted by molar-refractivity contribution is 6.74. The second kappa shape index (κ2) is 4.92. The van der Waals surface area contributed by atoms with E-state index in [0.29, 0.717) is 0 Å². The zero-order chi connectivity index (χ0) is 13.4. The van der Waals surface area contributed by atoms with E-state index in [0.717, 1.165) is 0 Å². The maximum absolute atomic E-state index is 13.3. The molecule has 0 heterocycles. The molecule has 0 N–H and O–H groups in total. The minimum atomic E-state index is -2.03. The molecule has 1 saturated carbocycles. The number of halogens is 3. The fraction of sp³-hybridized carbons (Fsp3) is 1.00. The quantitative estimate of drug-likeness (QED) is 0.682. The molecule has 0 saturated heterocycles. The molecule has 0 bridgehead atoms. The van der Waals surface area contributed by atoms with Gasteiger partial charge in [0, 0.05) is 12.8 Å². The molecular formula is C12H23F3OSi. The summed E-state index contributed by atoms with van der Waals surface area (Å²) < 4.78 is 45.5. The van der Waals surface area contributed by atoms with Crippen LogP contribution in [0, 0.1) is 0 Å². The van der Waals surface area contributed by atoms with Crippen molar-refractivity contribution in [2.45, 2.75) is 76.4 Å². The molecule has 0 aromatic rings. The summed E-state index contributed by atoms with van der Waals surface area (Å²) in [6.45, 7) is 10.3. The molecule has 0 spiro atoms. The van der Waals surface area contributed by atoms with Crippen molar-refractivity contribution in [2.24, 2.45) is 0 Å². The summed E-state index contributed by atoms with van der Waals surface area (Å²) in [5, 5.41) is -0.00280. The van der Waals surface area contributed by atoms with Gasteiger partial charge in [0.1, 0.15) is 12.3 Å². The van der Waals surface area contributed by atoms with Gasteiger partial charge in [0.25, 0.3) is 0 Å². The van der Waals surface area contributed by atoms with Gasteiger partial charge < -0.3 is 4.43 Å². The summed E-state index contributed by atoms with van der Waals surface area (Å²) in [4.78, 5) is 0. The van der Waals surface area contributed by atoms with E-state index in [2.05, 4.69) is 20.8 Å². The summed E-state index contributed by atoms with van der Waals surface area (Å²) in [6, 6.07) is 0. The third kappa shape index (κ3) is 3.47. The SMILES string of the molecule is CC(C)(C)[Si](C)(C)OC1C[C@@H](F)[C@@H](F)[C@@H](F)C1. The van der Waals surface area contributed by atoms with Gasteiger partial charge >= 0.3 is 0 Å². The zero-order valence-corrected chi connectivity index (χ0v) is 12.3. The number of rotatable bonds is 2. The van der Waals surface area contributed by atoms with E-state index >= 15 is 0 Å². The molecule has 1 nitrogen and oxygen atoms in total. The molecule has 0 amide bonds. The van der Waals surface area contributed by atoms with Crippen molar-refractivity contribution >= 4 is 8.32 Å². The Morgan fingerprint density at radius 3 is 1.76 bits per heavy atom. The van der Waals surface area contributed by atoms with Gasteiger partial charge in [-0.15, -0.1) is 0 Å². The van der Waals surface area contributed by atoms with Gasteiger partial charge in [0.05, 0.1) is 6.10 Å². The van der Waals surface area contributed by atoms with E-state index in [1.54, 1.807) is 0 Å². The highest BCUT2D eigenvalue weighted by Crippen LogP contribution is 2.40. The second-order valence-corrected chi connectivity index (χ2v) is 11.2. The highest BCUT2D eigenvalue weighted by Gasteiger charge is 2.44. The Hall–Kier alpha value is -0.0331. The largest absolute Gasteiger partial charge is 0.414 e. The lowest BCUT2D eigenvalue weighted by atomic mass is 9.93. The molecule has 0 aliphatic heterocycles. The maximum atomic E-state index is 13.3. The van der Waals surface area contributed by atoms with Gasteiger partial charge in [0.2, 0.25) is 0 Å². The van der Waals surface area contributed by atoms with Crippen molar-refractivity contribution in [3.63, 3.8) is 0 Å². The van der Waals surface area contributed by atoms with E-state index in [1.165, 1.54) is 0 Å².